The second kappa shape index (κ2) is 5.77. The van der Waals surface area contributed by atoms with Crippen LogP contribution < -0.4 is 5.32 Å². The molecule has 6 nitrogen and oxygen atoms in total. The number of nitrogens with zero attached hydrogens (tertiary/aromatic N) is 2. The van der Waals surface area contributed by atoms with Crippen molar-refractivity contribution in [3.8, 4) is 0 Å². The van der Waals surface area contributed by atoms with Crippen molar-refractivity contribution < 1.29 is 14.6 Å². The zero-order valence-corrected chi connectivity index (χ0v) is 10.3. The van der Waals surface area contributed by atoms with Crippen molar-refractivity contribution in [3.05, 3.63) is 18.0 Å². The van der Waals surface area contributed by atoms with E-state index in [9.17, 15) is 9.90 Å². The van der Waals surface area contributed by atoms with Crippen LogP contribution in [0.15, 0.2) is 12.3 Å². The molecular formula is C12H17N3O3. The first-order chi connectivity index (χ1) is 8.69. The van der Waals surface area contributed by atoms with Crippen LogP contribution in [0.4, 0.5) is 5.95 Å². The van der Waals surface area contributed by atoms with Crippen LogP contribution in [0.3, 0.4) is 0 Å². The Morgan fingerprint density at radius 3 is 3.11 bits per heavy atom. The van der Waals surface area contributed by atoms with Crippen molar-refractivity contribution in [2.45, 2.75) is 25.4 Å². The van der Waals surface area contributed by atoms with E-state index in [-0.39, 0.29) is 18.5 Å². The predicted octanol–water partition coefficient (Wildman–Crippen LogP) is 0.375. The molecule has 0 radical (unpaired) electrons. The molecule has 0 spiro atoms. The molecule has 0 bridgehead atoms. The fourth-order valence-electron chi connectivity index (χ4n) is 1.64. The second-order valence-corrected chi connectivity index (χ2v) is 4.41. The molecule has 2 rings (SSSR count). The van der Waals surface area contributed by atoms with E-state index in [2.05, 4.69) is 20.0 Å². The molecule has 98 valence electrons. The van der Waals surface area contributed by atoms with E-state index in [0.717, 1.165) is 12.8 Å². The average molecular weight is 251 g/mol. The van der Waals surface area contributed by atoms with Crippen LogP contribution in [-0.4, -0.2) is 40.8 Å². The van der Waals surface area contributed by atoms with Gasteiger partial charge in [-0.3, -0.25) is 4.79 Å². The lowest BCUT2D eigenvalue weighted by Gasteiger charge is -2.10. The van der Waals surface area contributed by atoms with Crippen molar-refractivity contribution in [1.29, 1.82) is 0 Å². The summed E-state index contributed by atoms with van der Waals surface area (Å²) in [6.07, 6.45) is 3.53. The molecule has 1 aliphatic rings. The standard InChI is InChI=1S/C12H17N3O3/c1-18-11(17)6-9-4-5-13-12(15-9)14-7-10(16)8-2-3-8/h4-5,8,10,16H,2-3,6-7H2,1H3,(H,13,14,15). The van der Waals surface area contributed by atoms with Gasteiger partial charge in [0.1, 0.15) is 0 Å². The van der Waals surface area contributed by atoms with Crippen LogP contribution in [0.5, 0.6) is 0 Å². The number of nitrogens with one attached hydrogen (secondary N) is 1. The van der Waals surface area contributed by atoms with Gasteiger partial charge in [0.15, 0.2) is 0 Å². The number of esters is 1. The monoisotopic (exact) mass is 251 g/mol. The second-order valence-electron chi connectivity index (χ2n) is 4.41. The first-order valence-corrected chi connectivity index (χ1v) is 5.99. The molecule has 0 aromatic carbocycles. The van der Waals surface area contributed by atoms with Crippen LogP contribution in [0, 0.1) is 5.92 Å². The van der Waals surface area contributed by atoms with Crippen LogP contribution >= 0.6 is 0 Å². The number of rotatable bonds is 6. The molecule has 2 N–H and O–H groups in total. The van der Waals surface area contributed by atoms with Gasteiger partial charge >= 0.3 is 5.97 Å². The van der Waals surface area contributed by atoms with E-state index in [1.807, 2.05) is 0 Å². The van der Waals surface area contributed by atoms with Crippen molar-refractivity contribution in [2.75, 3.05) is 19.0 Å². The Hall–Kier alpha value is -1.69. The van der Waals surface area contributed by atoms with E-state index in [1.165, 1.54) is 7.11 Å². The lowest BCUT2D eigenvalue weighted by molar-refractivity contribution is -0.139. The lowest BCUT2D eigenvalue weighted by atomic mass is 10.2. The number of carbonyl (C=O) groups is 1. The minimum absolute atomic E-state index is 0.124. The molecule has 0 aliphatic heterocycles. The van der Waals surface area contributed by atoms with Gasteiger partial charge in [-0.1, -0.05) is 0 Å². The van der Waals surface area contributed by atoms with Crippen molar-refractivity contribution in [3.63, 3.8) is 0 Å². The molecule has 1 heterocycles. The molecule has 1 aliphatic carbocycles. The Morgan fingerprint density at radius 1 is 1.67 bits per heavy atom. The number of aliphatic hydroxyl groups is 1. The van der Waals surface area contributed by atoms with Crippen molar-refractivity contribution in [1.82, 2.24) is 9.97 Å². The van der Waals surface area contributed by atoms with Gasteiger partial charge in [0.05, 0.1) is 25.3 Å². The fraction of sp³-hybridized carbons (Fsp3) is 0.583. The summed E-state index contributed by atoms with van der Waals surface area (Å²) in [5.74, 6) is 0.504. The van der Waals surface area contributed by atoms with Gasteiger partial charge in [0, 0.05) is 12.7 Å². The zero-order chi connectivity index (χ0) is 13.0. The van der Waals surface area contributed by atoms with Crippen LogP contribution in [0.1, 0.15) is 18.5 Å². The average Bonchev–Trinajstić information content (AvgIpc) is 3.20. The largest absolute Gasteiger partial charge is 0.469 e. The highest BCUT2D eigenvalue weighted by atomic mass is 16.5. The van der Waals surface area contributed by atoms with Crippen LogP contribution in [0.25, 0.3) is 0 Å². The number of anilines is 1. The quantitative estimate of drug-likeness (QED) is 0.711. The van der Waals surface area contributed by atoms with Gasteiger partial charge in [0.25, 0.3) is 0 Å². The van der Waals surface area contributed by atoms with Crippen molar-refractivity contribution in [2.24, 2.45) is 5.92 Å². The summed E-state index contributed by atoms with van der Waals surface area (Å²) < 4.78 is 4.57. The minimum atomic E-state index is -0.349. The molecule has 6 heteroatoms. The first kappa shape index (κ1) is 12.8. The normalized spacial score (nSPS) is 16.1. The van der Waals surface area contributed by atoms with Gasteiger partial charge in [0.2, 0.25) is 5.95 Å². The van der Waals surface area contributed by atoms with E-state index in [0.29, 0.717) is 24.1 Å². The molecular weight excluding hydrogens is 234 g/mol. The van der Waals surface area contributed by atoms with Gasteiger partial charge in [-0.05, 0) is 24.8 Å². The third kappa shape index (κ3) is 3.66. The van der Waals surface area contributed by atoms with Crippen LogP contribution in [-0.2, 0) is 16.0 Å². The summed E-state index contributed by atoms with van der Waals surface area (Å²) in [5.41, 5.74) is 0.597. The van der Waals surface area contributed by atoms with Gasteiger partial charge < -0.3 is 15.2 Å². The summed E-state index contributed by atoms with van der Waals surface area (Å²) in [6, 6.07) is 1.67. The number of hydrogen-bond donors (Lipinski definition) is 2. The molecule has 1 atom stereocenters. The predicted molar refractivity (Wildman–Crippen MR) is 65.0 cm³/mol. The number of methoxy groups -OCH3 is 1. The number of ether oxygens (including phenoxy) is 1. The van der Waals surface area contributed by atoms with Crippen LogP contribution in [0.2, 0.25) is 0 Å². The SMILES string of the molecule is COC(=O)Cc1ccnc(NCC(O)C2CC2)n1. The van der Waals surface area contributed by atoms with E-state index in [4.69, 9.17) is 0 Å². The topological polar surface area (TPSA) is 84.3 Å². The summed E-state index contributed by atoms with van der Waals surface area (Å²) in [7, 11) is 1.34. The lowest BCUT2D eigenvalue weighted by Crippen LogP contribution is -2.22. The number of carbonyl (C=O) groups excluding carboxylic acids is 1. The molecule has 0 amide bonds. The molecule has 0 saturated heterocycles. The maximum Gasteiger partial charge on any atom is 0.311 e. The Morgan fingerprint density at radius 2 is 2.44 bits per heavy atom. The number of aromatic nitrogens is 2. The van der Waals surface area contributed by atoms with Gasteiger partial charge in [-0.25, -0.2) is 9.97 Å². The molecule has 1 fully saturated rings. The van der Waals surface area contributed by atoms with Crippen molar-refractivity contribution >= 4 is 11.9 Å². The first-order valence-electron chi connectivity index (χ1n) is 5.99. The molecule has 1 aromatic rings. The highest BCUT2D eigenvalue weighted by Crippen LogP contribution is 2.32. The van der Waals surface area contributed by atoms with E-state index < -0.39 is 0 Å². The third-order valence-corrected chi connectivity index (χ3v) is 2.90. The van der Waals surface area contributed by atoms with Gasteiger partial charge in [-0.2, -0.15) is 0 Å². The van der Waals surface area contributed by atoms with E-state index >= 15 is 0 Å². The minimum Gasteiger partial charge on any atom is -0.469 e. The maximum absolute atomic E-state index is 11.1. The van der Waals surface area contributed by atoms with Gasteiger partial charge in [-0.15, -0.1) is 0 Å². The Bertz CT molecular complexity index is 421. The van der Waals surface area contributed by atoms with E-state index in [1.54, 1.807) is 12.3 Å². The molecule has 1 saturated carbocycles. The highest BCUT2D eigenvalue weighted by molar-refractivity contribution is 5.71. The molecule has 18 heavy (non-hydrogen) atoms. The highest BCUT2D eigenvalue weighted by Gasteiger charge is 2.29. The third-order valence-electron chi connectivity index (χ3n) is 2.90. The summed E-state index contributed by atoms with van der Waals surface area (Å²) in [6.45, 7) is 0.437. The fourth-order valence-corrected chi connectivity index (χ4v) is 1.64. The summed E-state index contributed by atoms with van der Waals surface area (Å²) in [5, 5.41) is 12.7. The Balaban J connectivity index is 1.87. The molecule has 1 aromatic heterocycles. The Labute approximate surface area is 105 Å². The number of aliphatic hydroxyl groups excluding tert-OH is 1. The summed E-state index contributed by atoms with van der Waals surface area (Å²) >= 11 is 0. The Kier molecular flexibility index (Phi) is 4.09. The number of hydrogen-bond acceptors (Lipinski definition) is 6. The maximum atomic E-state index is 11.1. The smallest absolute Gasteiger partial charge is 0.311 e. The zero-order valence-electron chi connectivity index (χ0n) is 10.3. The molecule has 1 unspecified atom stereocenters. The summed E-state index contributed by atoms with van der Waals surface area (Å²) in [4.78, 5) is 19.3.